The van der Waals surface area contributed by atoms with Crippen LogP contribution < -0.4 is 10.0 Å². The van der Waals surface area contributed by atoms with Crippen molar-refractivity contribution in [2.75, 3.05) is 6.54 Å². The molecule has 2 N–H and O–H groups in total. The van der Waals surface area contributed by atoms with Crippen LogP contribution in [0.4, 0.5) is 0 Å². The zero-order valence-electron chi connectivity index (χ0n) is 14.9. The summed E-state index contributed by atoms with van der Waals surface area (Å²) < 4.78 is 26.6. The minimum absolute atomic E-state index is 0.161. The van der Waals surface area contributed by atoms with Crippen molar-refractivity contribution in [1.29, 1.82) is 0 Å². The van der Waals surface area contributed by atoms with Gasteiger partial charge in [0.25, 0.3) is 10.0 Å². The maximum Gasteiger partial charge on any atom is 0.263 e. The SMILES string of the molecule is CC(C)C(NC(=O)CN=C1NS(=O)(=O)c2ccccc21)c1ccc(Cl)cc1. The summed E-state index contributed by atoms with van der Waals surface area (Å²) in [6.07, 6.45) is 0. The van der Waals surface area contributed by atoms with Crippen molar-refractivity contribution in [3.05, 3.63) is 64.7 Å². The summed E-state index contributed by atoms with van der Waals surface area (Å²) in [4.78, 5) is 16.8. The Morgan fingerprint density at radius 3 is 2.48 bits per heavy atom. The average molecular weight is 406 g/mol. The van der Waals surface area contributed by atoms with Crippen LogP contribution in [0.2, 0.25) is 5.02 Å². The molecule has 8 heteroatoms. The predicted molar refractivity (Wildman–Crippen MR) is 105 cm³/mol. The molecule has 2 aromatic rings. The quantitative estimate of drug-likeness (QED) is 0.801. The van der Waals surface area contributed by atoms with E-state index >= 15 is 0 Å². The lowest BCUT2D eigenvalue weighted by atomic mass is 9.96. The van der Waals surface area contributed by atoms with Crippen LogP contribution in [0, 0.1) is 5.92 Å². The molecule has 1 aliphatic rings. The molecule has 1 atom stereocenters. The van der Waals surface area contributed by atoms with Crippen molar-refractivity contribution in [2.45, 2.75) is 24.8 Å². The van der Waals surface area contributed by atoms with Gasteiger partial charge < -0.3 is 5.32 Å². The van der Waals surface area contributed by atoms with Gasteiger partial charge in [-0.3, -0.25) is 14.5 Å². The van der Waals surface area contributed by atoms with Gasteiger partial charge in [0.2, 0.25) is 5.91 Å². The van der Waals surface area contributed by atoms with E-state index in [1.807, 2.05) is 26.0 Å². The van der Waals surface area contributed by atoms with Gasteiger partial charge in [-0.15, -0.1) is 0 Å². The summed E-state index contributed by atoms with van der Waals surface area (Å²) >= 11 is 5.93. The number of hydrogen-bond donors (Lipinski definition) is 2. The first-order chi connectivity index (χ1) is 12.8. The van der Waals surface area contributed by atoms with Crippen molar-refractivity contribution in [3.63, 3.8) is 0 Å². The van der Waals surface area contributed by atoms with Crippen LogP contribution in [0.1, 0.15) is 31.0 Å². The van der Waals surface area contributed by atoms with E-state index in [2.05, 4.69) is 15.0 Å². The number of nitrogens with zero attached hydrogens (tertiary/aromatic N) is 1. The number of carbonyl (C=O) groups is 1. The summed E-state index contributed by atoms with van der Waals surface area (Å²) in [6, 6.07) is 13.7. The fourth-order valence-corrected chi connectivity index (χ4v) is 4.30. The largest absolute Gasteiger partial charge is 0.347 e. The van der Waals surface area contributed by atoms with Gasteiger partial charge in [-0.05, 0) is 35.7 Å². The standard InChI is InChI=1S/C19H20ClN3O3S/c1-12(2)18(13-7-9-14(20)10-8-13)22-17(24)11-21-19-15-5-3-4-6-16(15)27(25,26)23-19/h3-10,12,18H,11H2,1-2H3,(H,21,23)(H,22,24). The Bertz CT molecular complexity index is 986. The first-order valence-corrected chi connectivity index (χ1v) is 10.4. The Balaban J connectivity index is 1.74. The van der Waals surface area contributed by atoms with Gasteiger partial charge in [-0.2, -0.15) is 0 Å². The highest BCUT2D eigenvalue weighted by Gasteiger charge is 2.30. The summed E-state index contributed by atoms with van der Waals surface area (Å²) in [5, 5.41) is 3.59. The highest BCUT2D eigenvalue weighted by Crippen LogP contribution is 2.24. The second-order valence-electron chi connectivity index (χ2n) is 6.61. The topological polar surface area (TPSA) is 87.6 Å². The maximum absolute atomic E-state index is 12.4. The van der Waals surface area contributed by atoms with E-state index in [1.165, 1.54) is 6.07 Å². The first-order valence-electron chi connectivity index (χ1n) is 8.49. The van der Waals surface area contributed by atoms with E-state index in [4.69, 9.17) is 11.6 Å². The number of nitrogens with one attached hydrogen (secondary N) is 2. The number of carbonyl (C=O) groups excluding carboxylic acids is 1. The van der Waals surface area contributed by atoms with Gasteiger partial charge in [0.15, 0.2) is 0 Å². The fourth-order valence-electron chi connectivity index (χ4n) is 2.93. The molecule has 2 aromatic carbocycles. The molecule has 0 radical (unpaired) electrons. The second-order valence-corrected chi connectivity index (χ2v) is 8.69. The second kappa shape index (κ2) is 7.70. The molecule has 6 nitrogen and oxygen atoms in total. The molecule has 1 aliphatic heterocycles. The summed E-state index contributed by atoms with van der Waals surface area (Å²) in [7, 11) is -3.61. The number of sulfonamides is 1. The Kier molecular flexibility index (Phi) is 5.53. The van der Waals surface area contributed by atoms with E-state index in [9.17, 15) is 13.2 Å². The van der Waals surface area contributed by atoms with E-state index in [-0.39, 0.29) is 35.1 Å². The number of hydrogen-bond acceptors (Lipinski definition) is 4. The number of amides is 1. The first kappa shape index (κ1) is 19.4. The molecule has 0 spiro atoms. The number of amidine groups is 1. The summed E-state index contributed by atoms with van der Waals surface area (Å²) in [5.41, 5.74) is 1.42. The molecule has 1 unspecified atom stereocenters. The molecule has 0 bridgehead atoms. The van der Waals surface area contributed by atoms with Crippen molar-refractivity contribution in [2.24, 2.45) is 10.9 Å². The number of rotatable bonds is 5. The molecule has 27 heavy (non-hydrogen) atoms. The van der Waals surface area contributed by atoms with Crippen LogP contribution in [0.3, 0.4) is 0 Å². The molecule has 0 aromatic heterocycles. The van der Waals surface area contributed by atoms with Crippen molar-refractivity contribution >= 4 is 33.4 Å². The van der Waals surface area contributed by atoms with E-state index < -0.39 is 10.0 Å². The number of fused-ring (bicyclic) bond motifs is 1. The Labute approximate surface area is 163 Å². The predicted octanol–water partition coefficient (Wildman–Crippen LogP) is 2.89. The van der Waals surface area contributed by atoms with E-state index in [0.29, 0.717) is 10.6 Å². The highest BCUT2D eigenvalue weighted by atomic mass is 35.5. The Morgan fingerprint density at radius 1 is 1.15 bits per heavy atom. The lowest BCUT2D eigenvalue weighted by Gasteiger charge is -2.22. The highest BCUT2D eigenvalue weighted by molar-refractivity contribution is 7.90. The van der Waals surface area contributed by atoms with Crippen molar-refractivity contribution < 1.29 is 13.2 Å². The van der Waals surface area contributed by atoms with Crippen molar-refractivity contribution in [3.8, 4) is 0 Å². The van der Waals surface area contributed by atoms with Gasteiger partial charge in [-0.25, -0.2) is 8.42 Å². The zero-order valence-corrected chi connectivity index (χ0v) is 16.5. The van der Waals surface area contributed by atoms with E-state index in [0.717, 1.165) is 5.56 Å². The number of benzene rings is 2. The third-order valence-corrected chi connectivity index (χ3v) is 5.90. The van der Waals surface area contributed by atoms with Gasteiger partial charge in [-0.1, -0.05) is 49.7 Å². The molecule has 3 rings (SSSR count). The van der Waals surface area contributed by atoms with Crippen molar-refractivity contribution in [1.82, 2.24) is 10.0 Å². The number of aliphatic imine (C=N–C) groups is 1. The normalized spacial score (nSPS) is 17.4. The van der Waals surface area contributed by atoms with Crippen LogP contribution >= 0.6 is 11.6 Å². The average Bonchev–Trinajstić information content (AvgIpc) is 2.89. The Hall–Kier alpha value is -2.38. The minimum atomic E-state index is -3.61. The van der Waals surface area contributed by atoms with E-state index in [1.54, 1.807) is 30.3 Å². The molecule has 1 heterocycles. The third kappa shape index (κ3) is 4.31. The lowest BCUT2D eigenvalue weighted by molar-refractivity contribution is -0.120. The van der Waals surface area contributed by atoms with Gasteiger partial charge in [0, 0.05) is 10.6 Å². The molecular formula is C19H20ClN3O3S. The molecule has 0 saturated heterocycles. The molecule has 142 valence electrons. The minimum Gasteiger partial charge on any atom is -0.347 e. The van der Waals surface area contributed by atoms with Crippen LogP contribution in [-0.4, -0.2) is 26.7 Å². The smallest absolute Gasteiger partial charge is 0.263 e. The van der Waals surface area contributed by atoms with Gasteiger partial charge in [0.05, 0.1) is 10.9 Å². The fraction of sp³-hybridized carbons (Fsp3) is 0.263. The van der Waals surface area contributed by atoms with Crippen LogP contribution in [0.15, 0.2) is 58.4 Å². The Morgan fingerprint density at radius 2 is 1.81 bits per heavy atom. The lowest BCUT2D eigenvalue weighted by Crippen LogP contribution is -2.34. The van der Waals surface area contributed by atoms with Crippen LogP contribution in [0.5, 0.6) is 0 Å². The molecule has 0 aliphatic carbocycles. The van der Waals surface area contributed by atoms with Crippen LogP contribution in [0.25, 0.3) is 0 Å². The van der Waals surface area contributed by atoms with Gasteiger partial charge in [0.1, 0.15) is 12.4 Å². The number of halogens is 1. The third-order valence-electron chi connectivity index (χ3n) is 4.26. The monoisotopic (exact) mass is 405 g/mol. The van der Waals surface area contributed by atoms with Gasteiger partial charge >= 0.3 is 0 Å². The maximum atomic E-state index is 12.4. The molecule has 0 fully saturated rings. The molecular weight excluding hydrogens is 386 g/mol. The summed E-state index contributed by atoms with van der Waals surface area (Å²) in [6.45, 7) is 3.84. The molecule has 1 amide bonds. The summed E-state index contributed by atoms with van der Waals surface area (Å²) in [5.74, 6) is 0.0570. The van der Waals surface area contributed by atoms with Crippen LogP contribution in [-0.2, 0) is 14.8 Å². The zero-order chi connectivity index (χ0) is 19.6. The molecule has 0 saturated carbocycles.